The number of hydrogen-bond donors (Lipinski definition) is 2. The van der Waals surface area contributed by atoms with Crippen molar-refractivity contribution in [2.24, 2.45) is 5.41 Å². The molecule has 2 heterocycles. The standard InChI is InChI=1S/C29H36N8O3/c1-18-9-10-19(11-23(18)36-14-22(34-35-36)27(39)31-15-28(2,3)4)26(38)33-21-12-20(29(5,6)7)13-24(25(21)40-8)37-17-30-16-32-37/h9-14,16-17H,15H2,1-8H3,(H,31,39)(H,33,38). The van der Waals surface area contributed by atoms with Crippen LogP contribution in [-0.4, -0.2) is 55.2 Å². The molecule has 11 nitrogen and oxygen atoms in total. The SMILES string of the molecule is COc1c(NC(=O)c2ccc(C)c(-n3cc(C(=O)NCC(C)(C)C)nn3)c2)cc(C(C)(C)C)cc1-n1cncn1. The van der Waals surface area contributed by atoms with Crippen molar-refractivity contribution in [2.45, 2.75) is 53.9 Å². The molecule has 2 amide bonds. The smallest absolute Gasteiger partial charge is 0.273 e. The third-order valence-corrected chi connectivity index (χ3v) is 6.28. The van der Waals surface area contributed by atoms with Crippen molar-refractivity contribution < 1.29 is 14.3 Å². The molecular weight excluding hydrogens is 508 g/mol. The lowest BCUT2D eigenvalue weighted by Gasteiger charge is -2.23. The summed E-state index contributed by atoms with van der Waals surface area (Å²) in [6.45, 7) is 14.8. The first kappa shape index (κ1) is 28.5. The van der Waals surface area contributed by atoms with Crippen LogP contribution in [0.15, 0.2) is 49.2 Å². The second-order valence-electron chi connectivity index (χ2n) is 11.9. The summed E-state index contributed by atoms with van der Waals surface area (Å²) in [5.41, 5.74) is 3.98. The Hall–Kier alpha value is -4.54. The van der Waals surface area contributed by atoms with E-state index >= 15 is 0 Å². The zero-order chi connectivity index (χ0) is 29.2. The molecule has 0 saturated carbocycles. The van der Waals surface area contributed by atoms with Crippen molar-refractivity contribution in [3.63, 3.8) is 0 Å². The molecule has 0 aliphatic rings. The number of aromatic nitrogens is 6. The lowest BCUT2D eigenvalue weighted by molar-refractivity contribution is 0.0933. The largest absolute Gasteiger partial charge is 0.492 e. The predicted molar refractivity (Wildman–Crippen MR) is 152 cm³/mol. The van der Waals surface area contributed by atoms with Crippen molar-refractivity contribution in [1.29, 1.82) is 0 Å². The summed E-state index contributed by atoms with van der Waals surface area (Å²) in [6, 6.07) is 9.17. The Morgan fingerprint density at radius 1 is 0.975 bits per heavy atom. The van der Waals surface area contributed by atoms with Gasteiger partial charge in [0.15, 0.2) is 11.4 Å². The van der Waals surface area contributed by atoms with Crippen LogP contribution in [0.4, 0.5) is 5.69 Å². The maximum atomic E-state index is 13.5. The van der Waals surface area contributed by atoms with Gasteiger partial charge in [0.2, 0.25) is 0 Å². The average Bonchev–Trinajstić information content (AvgIpc) is 3.59. The summed E-state index contributed by atoms with van der Waals surface area (Å²) in [7, 11) is 1.55. The maximum absolute atomic E-state index is 13.5. The van der Waals surface area contributed by atoms with Gasteiger partial charge >= 0.3 is 0 Å². The minimum Gasteiger partial charge on any atom is -0.492 e. The van der Waals surface area contributed by atoms with Gasteiger partial charge in [0.25, 0.3) is 11.8 Å². The molecule has 0 aliphatic carbocycles. The number of carbonyl (C=O) groups is 2. The molecule has 0 fully saturated rings. The van der Waals surface area contributed by atoms with E-state index in [1.807, 2.05) is 45.9 Å². The number of anilines is 1. The van der Waals surface area contributed by atoms with E-state index in [1.165, 1.54) is 11.0 Å². The summed E-state index contributed by atoms with van der Waals surface area (Å²) < 4.78 is 8.83. The molecule has 210 valence electrons. The Labute approximate surface area is 234 Å². The van der Waals surface area contributed by atoms with Gasteiger partial charge in [-0.15, -0.1) is 5.10 Å². The number of aryl methyl sites for hydroxylation is 1. The van der Waals surface area contributed by atoms with Gasteiger partial charge in [-0.2, -0.15) is 5.10 Å². The van der Waals surface area contributed by atoms with Crippen LogP contribution >= 0.6 is 0 Å². The van der Waals surface area contributed by atoms with Crippen molar-refractivity contribution in [3.05, 3.63) is 71.6 Å². The molecule has 2 aromatic carbocycles. The summed E-state index contributed by atoms with van der Waals surface area (Å²) in [5, 5.41) is 18.3. The van der Waals surface area contributed by atoms with Crippen LogP contribution in [0.25, 0.3) is 11.4 Å². The van der Waals surface area contributed by atoms with E-state index < -0.39 is 0 Å². The van der Waals surface area contributed by atoms with Crippen molar-refractivity contribution in [3.8, 4) is 17.1 Å². The summed E-state index contributed by atoms with van der Waals surface area (Å²) in [5.74, 6) is -0.179. The summed E-state index contributed by atoms with van der Waals surface area (Å²) in [6.07, 6.45) is 4.58. The molecule has 4 rings (SSSR count). The molecule has 0 bridgehead atoms. The number of nitrogens with one attached hydrogen (secondary N) is 2. The monoisotopic (exact) mass is 544 g/mol. The first-order chi connectivity index (χ1) is 18.8. The Balaban J connectivity index is 1.65. The maximum Gasteiger partial charge on any atom is 0.273 e. The van der Waals surface area contributed by atoms with E-state index in [0.29, 0.717) is 34.9 Å². The zero-order valence-electron chi connectivity index (χ0n) is 24.2. The molecule has 0 spiro atoms. The van der Waals surface area contributed by atoms with E-state index in [1.54, 1.807) is 36.4 Å². The fraction of sp³-hybridized carbons (Fsp3) is 0.379. The first-order valence-electron chi connectivity index (χ1n) is 13.0. The zero-order valence-corrected chi connectivity index (χ0v) is 24.2. The second kappa shape index (κ2) is 10.9. The number of methoxy groups -OCH3 is 1. The topological polar surface area (TPSA) is 129 Å². The Bertz CT molecular complexity index is 1530. The molecule has 11 heteroatoms. The molecule has 40 heavy (non-hydrogen) atoms. The normalized spacial score (nSPS) is 11.8. The van der Waals surface area contributed by atoms with Crippen LogP contribution in [0.2, 0.25) is 0 Å². The van der Waals surface area contributed by atoms with Crippen LogP contribution < -0.4 is 15.4 Å². The van der Waals surface area contributed by atoms with E-state index in [-0.39, 0.29) is 28.3 Å². The quantitative estimate of drug-likeness (QED) is 0.351. The minimum atomic E-state index is -0.335. The third kappa shape index (κ3) is 6.36. The van der Waals surface area contributed by atoms with E-state index in [0.717, 1.165) is 11.1 Å². The molecule has 0 unspecified atom stereocenters. The molecule has 0 radical (unpaired) electrons. The number of nitrogens with zero attached hydrogens (tertiary/aromatic N) is 6. The summed E-state index contributed by atoms with van der Waals surface area (Å²) >= 11 is 0. The van der Waals surface area contributed by atoms with Crippen LogP contribution in [0.5, 0.6) is 5.75 Å². The van der Waals surface area contributed by atoms with Gasteiger partial charge in [0, 0.05) is 12.1 Å². The third-order valence-electron chi connectivity index (χ3n) is 6.28. The van der Waals surface area contributed by atoms with Crippen LogP contribution in [-0.2, 0) is 5.41 Å². The number of hydrogen-bond acceptors (Lipinski definition) is 7. The fourth-order valence-electron chi connectivity index (χ4n) is 3.97. The van der Waals surface area contributed by atoms with Crippen LogP contribution in [0, 0.1) is 12.3 Å². The van der Waals surface area contributed by atoms with Gasteiger partial charge in [-0.1, -0.05) is 52.8 Å². The van der Waals surface area contributed by atoms with Crippen molar-refractivity contribution in [2.75, 3.05) is 19.0 Å². The first-order valence-corrected chi connectivity index (χ1v) is 13.0. The highest BCUT2D eigenvalue weighted by molar-refractivity contribution is 6.06. The minimum absolute atomic E-state index is 0.0605. The summed E-state index contributed by atoms with van der Waals surface area (Å²) in [4.78, 5) is 30.1. The van der Waals surface area contributed by atoms with Gasteiger partial charge in [0.05, 0.1) is 24.7 Å². The fourth-order valence-corrected chi connectivity index (χ4v) is 3.97. The molecular formula is C29H36N8O3. The number of benzene rings is 2. The second-order valence-corrected chi connectivity index (χ2v) is 11.9. The Morgan fingerprint density at radius 2 is 1.73 bits per heavy atom. The average molecular weight is 545 g/mol. The van der Waals surface area contributed by atoms with Gasteiger partial charge in [-0.25, -0.2) is 14.3 Å². The molecule has 2 aromatic heterocycles. The highest BCUT2D eigenvalue weighted by Crippen LogP contribution is 2.37. The molecule has 0 atom stereocenters. The highest BCUT2D eigenvalue weighted by Gasteiger charge is 2.23. The molecule has 0 saturated heterocycles. The van der Waals surface area contributed by atoms with E-state index in [2.05, 4.69) is 51.8 Å². The van der Waals surface area contributed by atoms with Gasteiger partial charge in [0.1, 0.15) is 18.3 Å². The molecule has 0 aliphatic heterocycles. The molecule has 4 aromatic rings. The van der Waals surface area contributed by atoms with Crippen LogP contribution in [0.1, 0.15) is 73.5 Å². The number of ether oxygens (including phenoxy) is 1. The van der Waals surface area contributed by atoms with Gasteiger partial charge < -0.3 is 15.4 Å². The van der Waals surface area contributed by atoms with Crippen molar-refractivity contribution >= 4 is 17.5 Å². The predicted octanol–water partition coefficient (Wildman–Crippen LogP) is 4.49. The molecule has 2 N–H and O–H groups in total. The lowest BCUT2D eigenvalue weighted by Crippen LogP contribution is -2.32. The van der Waals surface area contributed by atoms with Crippen molar-refractivity contribution in [1.82, 2.24) is 35.1 Å². The number of carbonyl (C=O) groups excluding carboxylic acids is 2. The number of rotatable bonds is 7. The van der Waals surface area contributed by atoms with Crippen LogP contribution in [0.3, 0.4) is 0 Å². The highest BCUT2D eigenvalue weighted by atomic mass is 16.5. The van der Waals surface area contributed by atoms with Gasteiger partial charge in [-0.05, 0) is 53.1 Å². The lowest BCUT2D eigenvalue weighted by atomic mass is 9.86. The van der Waals surface area contributed by atoms with E-state index in [4.69, 9.17) is 4.74 Å². The van der Waals surface area contributed by atoms with E-state index in [9.17, 15) is 9.59 Å². The Morgan fingerprint density at radius 3 is 2.35 bits per heavy atom. The number of amides is 2. The Kier molecular flexibility index (Phi) is 7.77. The van der Waals surface area contributed by atoms with Gasteiger partial charge in [-0.3, -0.25) is 9.59 Å².